The number of carbonyl (C=O) groups is 1. The molecule has 0 radical (unpaired) electrons. The smallest absolute Gasteiger partial charge is 0.279 e. The van der Waals surface area contributed by atoms with Crippen LogP contribution in [-0.2, 0) is 10.3 Å². The average molecular weight is 324 g/mol. The van der Waals surface area contributed by atoms with Crippen LogP contribution in [-0.4, -0.2) is 16.9 Å². The molecule has 1 aliphatic heterocycles. The van der Waals surface area contributed by atoms with Crippen molar-refractivity contribution >= 4 is 22.8 Å². The van der Waals surface area contributed by atoms with Crippen LogP contribution < -0.4 is 22.3 Å². The molecule has 7 heteroatoms. The molecule has 2 heterocycles. The van der Waals surface area contributed by atoms with Crippen LogP contribution in [0.4, 0.5) is 0 Å². The summed E-state index contributed by atoms with van der Waals surface area (Å²) < 4.78 is 0. The Bertz CT molecular complexity index is 853. The fourth-order valence-electron chi connectivity index (χ4n) is 3.15. The summed E-state index contributed by atoms with van der Waals surface area (Å²) in [4.78, 5) is 20.5. The summed E-state index contributed by atoms with van der Waals surface area (Å²) in [7, 11) is 0. The number of aromatic nitrogens is 1. The number of rotatable bonds is 3. The maximum absolute atomic E-state index is 12.5. The van der Waals surface area contributed by atoms with Gasteiger partial charge in [-0.2, -0.15) is 4.99 Å². The van der Waals surface area contributed by atoms with E-state index in [1.807, 2.05) is 44.2 Å². The fourth-order valence-corrected chi connectivity index (χ4v) is 3.15. The lowest BCUT2D eigenvalue weighted by molar-refractivity contribution is -0.115. The molecule has 0 spiro atoms. The third-order valence-electron chi connectivity index (χ3n) is 4.30. The van der Waals surface area contributed by atoms with Gasteiger partial charge in [-0.15, -0.1) is 0 Å². The second kappa shape index (κ2) is 5.93. The summed E-state index contributed by atoms with van der Waals surface area (Å²) in [6.07, 6.45) is 3.37. The van der Waals surface area contributed by atoms with Crippen LogP contribution in [0.5, 0.6) is 0 Å². The van der Waals surface area contributed by atoms with E-state index >= 15 is 0 Å². The van der Waals surface area contributed by atoms with Gasteiger partial charge in [0.2, 0.25) is 0 Å². The Kier molecular flexibility index (Phi) is 3.94. The first-order valence-corrected chi connectivity index (χ1v) is 7.67. The summed E-state index contributed by atoms with van der Waals surface area (Å²) in [5.74, 6) is -0.660. The number of carbonyl (C=O) groups excluding carboxylic acids is 1. The van der Waals surface area contributed by atoms with E-state index in [1.165, 1.54) is 0 Å². The Hall–Kier alpha value is -2.93. The lowest BCUT2D eigenvalue weighted by Crippen LogP contribution is -2.49. The Labute approximate surface area is 139 Å². The van der Waals surface area contributed by atoms with Crippen LogP contribution >= 0.6 is 0 Å². The van der Waals surface area contributed by atoms with Gasteiger partial charge in [0, 0.05) is 17.8 Å². The Balaban J connectivity index is 2.15. The highest BCUT2D eigenvalue weighted by atomic mass is 16.1. The molecule has 1 aromatic heterocycles. The predicted octanol–water partition coefficient (Wildman–Crippen LogP) is 0.878. The van der Waals surface area contributed by atoms with E-state index in [0.29, 0.717) is 5.57 Å². The number of nitrogens with two attached hydrogens (primary N) is 2. The van der Waals surface area contributed by atoms with Gasteiger partial charge in [-0.1, -0.05) is 26.0 Å². The first-order chi connectivity index (χ1) is 11.4. The summed E-state index contributed by atoms with van der Waals surface area (Å²) in [5, 5.41) is 0.998. The van der Waals surface area contributed by atoms with E-state index < -0.39 is 11.4 Å². The minimum Gasteiger partial charge on any atom is -0.370 e. The van der Waals surface area contributed by atoms with Crippen molar-refractivity contribution in [3.63, 3.8) is 0 Å². The van der Waals surface area contributed by atoms with Gasteiger partial charge in [0.15, 0.2) is 5.96 Å². The summed E-state index contributed by atoms with van der Waals surface area (Å²) in [6, 6.07) is 9.81. The van der Waals surface area contributed by atoms with Gasteiger partial charge >= 0.3 is 0 Å². The van der Waals surface area contributed by atoms with Gasteiger partial charge in [0.05, 0.1) is 16.6 Å². The zero-order chi connectivity index (χ0) is 17.3. The molecular formula is C17H20N6O. The maximum Gasteiger partial charge on any atom is 0.279 e. The number of amides is 1. The molecule has 1 amide bonds. The van der Waals surface area contributed by atoms with Crippen molar-refractivity contribution in [2.24, 2.45) is 22.4 Å². The number of hydrogen-bond acceptors (Lipinski definition) is 4. The summed E-state index contributed by atoms with van der Waals surface area (Å²) in [5.41, 5.74) is 18.5. The maximum atomic E-state index is 12.5. The summed E-state index contributed by atoms with van der Waals surface area (Å²) >= 11 is 0. The number of guanidine groups is 1. The normalized spacial score (nSPS) is 19.9. The zero-order valence-electron chi connectivity index (χ0n) is 13.6. The highest BCUT2D eigenvalue weighted by molar-refractivity contribution is 6.03. The lowest BCUT2D eigenvalue weighted by Gasteiger charge is -2.35. The first-order valence-electron chi connectivity index (χ1n) is 7.67. The molecule has 1 unspecified atom stereocenters. The van der Waals surface area contributed by atoms with Crippen molar-refractivity contribution in [2.75, 3.05) is 0 Å². The summed E-state index contributed by atoms with van der Waals surface area (Å²) in [6.45, 7) is 4.06. The van der Waals surface area contributed by atoms with E-state index in [4.69, 9.17) is 11.5 Å². The molecule has 1 atom stereocenters. The number of fused-ring (bicyclic) bond motifs is 1. The zero-order valence-corrected chi connectivity index (χ0v) is 13.6. The SMILES string of the molecule is CC(C)C1(c2ccc3ncccc3c2)NNC=C1C(=O)N=C(N)N. The van der Waals surface area contributed by atoms with Crippen molar-refractivity contribution < 1.29 is 4.79 Å². The van der Waals surface area contributed by atoms with Gasteiger partial charge in [0.1, 0.15) is 0 Å². The molecule has 6 N–H and O–H groups in total. The van der Waals surface area contributed by atoms with E-state index in [1.54, 1.807) is 12.4 Å². The first kappa shape index (κ1) is 15.9. The highest BCUT2D eigenvalue weighted by Crippen LogP contribution is 2.40. The number of hydrazine groups is 1. The van der Waals surface area contributed by atoms with E-state index in [9.17, 15) is 4.79 Å². The standard InChI is InChI=1S/C17H20N6O/c1-10(2)17(13(9-21-23-17)15(24)22-16(18)19)12-5-6-14-11(8-12)4-3-7-20-14/h3-10,21,23H,1-2H3,(H4,18,19,22,24). The second-order valence-corrected chi connectivity index (χ2v) is 6.04. The number of aliphatic imine (C=N–C) groups is 1. The molecule has 24 heavy (non-hydrogen) atoms. The quantitative estimate of drug-likeness (QED) is 0.491. The fraction of sp³-hybridized carbons (Fsp3) is 0.235. The van der Waals surface area contributed by atoms with Gasteiger partial charge < -0.3 is 16.9 Å². The molecule has 7 nitrogen and oxygen atoms in total. The Morgan fingerprint density at radius 1 is 1.29 bits per heavy atom. The van der Waals surface area contributed by atoms with Gasteiger partial charge in [-0.3, -0.25) is 9.78 Å². The minimum absolute atomic E-state index is 0.0611. The number of nitrogens with one attached hydrogen (secondary N) is 2. The van der Waals surface area contributed by atoms with Crippen LogP contribution in [0, 0.1) is 5.92 Å². The second-order valence-electron chi connectivity index (χ2n) is 6.04. The Morgan fingerprint density at radius 3 is 2.79 bits per heavy atom. The van der Waals surface area contributed by atoms with Crippen LogP contribution in [0.3, 0.4) is 0 Å². The van der Waals surface area contributed by atoms with Crippen molar-refractivity contribution in [3.8, 4) is 0 Å². The lowest BCUT2D eigenvalue weighted by atomic mass is 9.75. The average Bonchev–Trinajstić information content (AvgIpc) is 3.00. The molecule has 0 fully saturated rings. The third kappa shape index (κ3) is 2.48. The van der Waals surface area contributed by atoms with Crippen molar-refractivity contribution in [1.29, 1.82) is 0 Å². The van der Waals surface area contributed by atoms with Gasteiger partial charge in [0.25, 0.3) is 5.91 Å². The molecule has 1 aliphatic rings. The Morgan fingerprint density at radius 2 is 2.08 bits per heavy atom. The van der Waals surface area contributed by atoms with Crippen molar-refractivity contribution in [3.05, 3.63) is 53.9 Å². The molecule has 0 aliphatic carbocycles. The van der Waals surface area contributed by atoms with E-state index in [0.717, 1.165) is 16.5 Å². The molecule has 0 bridgehead atoms. The minimum atomic E-state index is -0.736. The molecule has 124 valence electrons. The van der Waals surface area contributed by atoms with E-state index in [-0.39, 0.29) is 11.9 Å². The van der Waals surface area contributed by atoms with Gasteiger partial charge in [-0.25, -0.2) is 5.43 Å². The number of nitrogens with zero attached hydrogens (tertiary/aromatic N) is 2. The number of hydrogen-bond donors (Lipinski definition) is 4. The number of pyridine rings is 1. The van der Waals surface area contributed by atoms with Crippen LogP contribution in [0.25, 0.3) is 10.9 Å². The van der Waals surface area contributed by atoms with Gasteiger partial charge in [-0.05, 0) is 29.7 Å². The van der Waals surface area contributed by atoms with Crippen LogP contribution in [0.1, 0.15) is 19.4 Å². The molecule has 1 aromatic carbocycles. The topological polar surface area (TPSA) is 118 Å². The molecule has 2 aromatic rings. The van der Waals surface area contributed by atoms with E-state index in [2.05, 4.69) is 20.8 Å². The van der Waals surface area contributed by atoms with Crippen molar-refractivity contribution in [2.45, 2.75) is 19.4 Å². The monoisotopic (exact) mass is 324 g/mol. The largest absolute Gasteiger partial charge is 0.370 e. The predicted molar refractivity (Wildman–Crippen MR) is 93.4 cm³/mol. The molecule has 0 saturated carbocycles. The van der Waals surface area contributed by atoms with Crippen molar-refractivity contribution in [1.82, 2.24) is 15.8 Å². The molecular weight excluding hydrogens is 304 g/mol. The molecule has 3 rings (SSSR count). The van der Waals surface area contributed by atoms with Crippen LogP contribution in [0.2, 0.25) is 0 Å². The number of benzene rings is 1. The highest BCUT2D eigenvalue weighted by Gasteiger charge is 2.45. The third-order valence-corrected chi connectivity index (χ3v) is 4.30. The molecule has 0 saturated heterocycles. The van der Waals surface area contributed by atoms with Crippen LogP contribution in [0.15, 0.2) is 53.3 Å².